The molecule has 0 spiro atoms. The quantitative estimate of drug-likeness (QED) is 0.185. The molecule has 0 aromatic carbocycles. The molecule has 0 atom stereocenters. The Balaban J connectivity index is 2.92. The highest BCUT2D eigenvalue weighted by molar-refractivity contribution is 6.24. The Kier molecular flexibility index (Phi) is 6.73. The van der Waals surface area contributed by atoms with Gasteiger partial charge in [-0.25, -0.2) is 4.79 Å². The number of nitrogens with one attached hydrogen (secondary N) is 1. The Morgan fingerprint density at radius 2 is 2.20 bits per heavy atom. The lowest BCUT2D eigenvalue weighted by Crippen LogP contribution is -2.27. The lowest BCUT2D eigenvalue weighted by molar-refractivity contribution is -0.137. The predicted octanol–water partition coefficient (Wildman–Crippen LogP) is 2.56. The van der Waals surface area contributed by atoms with Crippen molar-refractivity contribution in [3.05, 3.63) is 35.8 Å². The average molecular weight is 279 g/mol. The highest BCUT2D eigenvalue weighted by Crippen LogP contribution is 2.20. The van der Waals surface area contributed by atoms with E-state index in [9.17, 15) is 9.59 Å². The first-order valence-corrected chi connectivity index (χ1v) is 6.76. The van der Waals surface area contributed by atoms with Gasteiger partial charge >= 0.3 is 5.97 Å². The molecule has 1 rings (SSSR count). The summed E-state index contributed by atoms with van der Waals surface area (Å²) in [4.78, 5) is 29.0. The van der Waals surface area contributed by atoms with E-state index in [1.54, 1.807) is 13.0 Å². The van der Waals surface area contributed by atoms with Crippen LogP contribution >= 0.6 is 0 Å². The molecule has 20 heavy (non-hydrogen) atoms. The second-order valence-electron chi connectivity index (χ2n) is 4.52. The minimum atomic E-state index is -0.629. The third kappa shape index (κ3) is 4.66. The van der Waals surface area contributed by atoms with Crippen molar-refractivity contribution in [2.75, 3.05) is 6.61 Å². The molecule has 0 unspecified atom stereocenters. The van der Waals surface area contributed by atoms with Gasteiger partial charge in [-0.05, 0) is 19.8 Å². The molecule has 0 aliphatic carbocycles. The van der Waals surface area contributed by atoms with Crippen LogP contribution in [0.5, 0.6) is 0 Å². The van der Waals surface area contributed by atoms with E-state index in [1.807, 2.05) is 0 Å². The van der Waals surface area contributed by atoms with E-state index in [0.717, 1.165) is 19.3 Å². The fourth-order valence-corrected chi connectivity index (χ4v) is 1.82. The smallest absolute Gasteiger partial charge is 0.349 e. The molecule has 110 valence electrons. The normalized spacial score (nSPS) is 17.4. The van der Waals surface area contributed by atoms with Crippen LogP contribution in [0.25, 0.3) is 0 Å². The summed E-state index contributed by atoms with van der Waals surface area (Å²) in [5.74, 6) is -0.667. The second kappa shape index (κ2) is 8.32. The van der Waals surface area contributed by atoms with Crippen LogP contribution in [-0.2, 0) is 19.2 Å². The van der Waals surface area contributed by atoms with Crippen molar-refractivity contribution in [1.82, 2.24) is 5.48 Å². The minimum Gasteiger partial charge on any atom is -0.427 e. The van der Waals surface area contributed by atoms with E-state index in [1.165, 1.54) is 6.08 Å². The third-order valence-corrected chi connectivity index (χ3v) is 2.77. The lowest BCUT2D eigenvalue weighted by Gasteiger charge is -2.17. The van der Waals surface area contributed by atoms with Crippen molar-refractivity contribution in [1.29, 1.82) is 0 Å². The molecule has 1 N–H and O–H groups in total. The van der Waals surface area contributed by atoms with Crippen LogP contribution in [0.15, 0.2) is 35.8 Å². The Morgan fingerprint density at radius 1 is 1.45 bits per heavy atom. The molecular formula is C15H21NO4. The molecule has 1 aliphatic rings. The molecule has 1 aliphatic heterocycles. The van der Waals surface area contributed by atoms with Crippen LogP contribution in [-0.4, -0.2) is 18.4 Å². The summed E-state index contributed by atoms with van der Waals surface area (Å²) in [7, 11) is 0. The largest absolute Gasteiger partial charge is 0.427 e. The average Bonchev–Trinajstić information content (AvgIpc) is 2.37. The molecule has 0 radical (unpaired) electrons. The van der Waals surface area contributed by atoms with Crippen molar-refractivity contribution >= 4 is 11.8 Å². The standard InChI is InChI=1S/C15H21NO4/c1-4-6-7-8-12(16-19-9-5-2)14-13(17)10-11(3)20-15(14)18/h5,10,16H,2,4,6-9H2,1,3H3. The van der Waals surface area contributed by atoms with Gasteiger partial charge in [0.15, 0.2) is 5.78 Å². The van der Waals surface area contributed by atoms with Gasteiger partial charge in [0.05, 0.1) is 12.3 Å². The van der Waals surface area contributed by atoms with Gasteiger partial charge < -0.3 is 4.74 Å². The number of esters is 1. The molecular weight excluding hydrogens is 258 g/mol. The zero-order valence-corrected chi connectivity index (χ0v) is 12.0. The summed E-state index contributed by atoms with van der Waals surface area (Å²) >= 11 is 0. The van der Waals surface area contributed by atoms with Crippen molar-refractivity contribution in [3.63, 3.8) is 0 Å². The van der Waals surface area contributed by atoms with Crippen LogP contribution in [0.3, 0.4) is 0 Å². The van der Waals surface area contributed by atoms with Gasteiger partial charge in [0.2, 0.25) is 0 Å². The van der Waals surface area contributed by atoms with Crippen LogP contribution in [0.2, 0.25) is 0 Å². The minimum absolute atomic E-state index is 0.0239. The molecule has 5 nitrogen and oxygen atoms in total. The summed E-state index contributed by atoms with van der Waals surface area (Å²) in [6, 6.07) is 0. The summed E-state index contributed by atoms with van der Waals surface area (Å²) in [6.07, 6.45) is 6.38. The Morgan fingerprint density at radius 3 is 2.80 bits per heavy atom. The Bertz CT molecular complexity index is 449. The van der Waals surface area contributed by atoms with E-state index < -0.39 is 5.97 Å². The van der Waals surface area contributed by atoms with Gasteiger partial charge in [-0.1, -0.05) is 25.8 Å². The number of hydroxylamine groups is 1. The number of cyclic esters (lactones) is 1. The highest BCUT2D eigenvalue weighted by Gasteiger charge is 2.28. The molecule has 0 aromatic heterocycles. The number of allylic oxidation sites excluding steroid dienone is 3. The molecule has 5 heteroatoms. The molecule has 1 heterocycles. The number of ketones is 1. The fraction of sp³-hybridized carbons (Fsp3) is 0.467. The molecule has 0 amide bonds. The molecule has 0 bridgehead atoms. The highest BCUT2D eigenvalue weighted by atomic mass is 16.6. The number of carbonyl (C=O) groups excluding carboxylic acids is 2. The number of hydrogen-bond acceptors (Lipinski definition) is 5. The first kappa shape index (κ1) is 16.2. The number of ether oxygens (including phenoxy) is 1. The summed E-state index contributed by atoms with van der Waals surface area (Å²) in [5.41, 5.74) is 3.18. The zero-order chi connectivity index (χ0) is 15.0. The van der Waals surface area contributed by atoms with Gasteiger partial charge in [0.25, 0.3) is 0 Å². The first-order chi connectivity index (χ1) is 9.60. The summed E-state index contributed by atoms with van der Waals surface area (Å²) in [6.45, 7) is 7.47. The predicted molar refractivity (Wildman–Crippen MR) is 75.3 cm³/mol. The maximum Gasteiger partial charge on any atom is 0.349 e. The fourth-order valence-electron chi connectivity index (χ4n) is 1.82. The topological polar surface area (TPSA) is 64.6 Å². The van der Waals surface area contributed by atoms with Gasteiger partial charge in [-0.2, -0.15) is 0 Å². The van der Waals surface area contributed by atoms with Gasteiger partial charge in [0.1, 0.15) is 11.3 Å². The van der Waals surface area contributed by atoms with E-state index in [2.05, 4.69) is 19.0 Å². The van der Waals surface area contributed by atoms with E-state index >= 15 is 0 Å². The molecule has 0 aromatic rings. The maximum absolute atomic E-state index is 12.0. The van der Waals surface area contributed by atoms with Crippen LogP contribution in [0.1, 0.15) is 39.5 Å². The monoisotopic (exact) mass is 279 g/mol. The second-order valence-corrected chi connectivity index (χ2v) is 4.52. The van der Waals surface area contributed by atoms with Crippen molar-refractivity contribution in [2.24, 2.45) is 0 Å². The third-order valence-electron chi connectivity index (χ3n) is 2.77. The Labute approximate surface area is 119 Å². The van der Waals surface area contributed by atoms with Crippen molar-refractivity contribution in [3.8, 4) is 0 Å². The number of rotatable bonds is 8. The number of carbonyl (C=O) groups is 2. The summed E-state index contributed by atoms with van der Waals surface area (Å²) in [5, 5.41) is 0. The lowest BCUT2D eigenvalue weighted by atomic mass is 10.0. The van der Waals surface area contributed by atoms with Crippen LogP contribution in [0, 0.1) is 0 Å². The van der Waals surface area contributed by atoms with Crippen molar-refractivity contribution < 1.29 is 19.2 Å². The number of unbranched alkanes of at least 4 members (excludes halogenated alkanes) is 2. The SMILES string of the molecule is C=CCONC(CCCCC)=C1C(=O)C=C(C)OC1=O. The van der Waals surface area contributed by atoms with Crippen LogP contribution in [0.4, 0.5) is 0 Å². The summed E-state index contributed by atoms with van der Waals surface area (Å²) < 4.78 is 4.99. The van der Waals surface area contributed by atoms with E-state index in [0.29, 0.717) is 17.9 Å². The zero-order valence-electron chi connectivity index (χ0n) is 12.0. The first-order valence-electron chi connectivity index (χ1n) is 6.76. The van der Waals surface area contributed by atoms with E-state index in [-0.39, 0.29) is 18.0 Å². The Hall–Kier alpha value is -1.88. The van der Waals surface area contributed by atoms with Crippen molar-refractivity contribution in [2.45, 2.75) is 39.5 Å². The maximum atomic E-state index is 12.0. The van der Waals surface area contributed by atoms with Gasteiger partial charge in [-0.15, -0.1) is 6.58 Å². The number of hydrogen-bond donors (Lipinski definition) is 1. The molecule has 0 saturated heterocycles. The van der Waals surface area contributed by atoms with Gasteiger partial charge in [-0.3, -0.25) is 15.1 Å². The molecule has 0 saturated carbocycles. The van der Waals surface area contributed by atoms with Crippen LogP contribution < -0.4 is 5.48 Å². The van der Waals surface area contributed by atoms with E-state index in [4.69, 9.17) is 9.57 Å². The van der Waals surface area contributed by atoms with Gasteiger partial charge in [0, 0.05) is 6.08 Å². The molecule has 0 fully saturated rings.